The van der Waals surface area contributed by atoms with E-state index in [0.29, 0.717) is 29.8 Å². The molecule has 186 valence electrons. The van der Waals surface area contributed by atoms with Gasteiger partial charge in [-0.15, -0.1) is 0 Å². The maximum atomic E-state index is 14.3. The van der Waals surface area contributed by atoms with Gasteiger partial charge >= 0.3 is 5.97 Å². The largest absolute Gasteiger partial charge is 0.487 e. The molecule has 6 nitrogen and oxygen atoms in total. The van der Waals surface area contributed by atoms with Gasteiger partial charge in [-0.2, -0.15) is 0 Å². The first-order valence-corrected chi connectivity index (χ1v) is 12.9. The molecule has 1 aliphatic rings. The number of hydrogen-bond acceptors (Lipinski definition) is 4. The minimum atomic E-state index is -0.789. The number of nitrogens with zero attached hydrogens (tertiary/aromatic N) is 3. The second kappa shape index (κ2) is 10.4. The number of rotatable bonds is 7. The molecule has 0 radical (unpaired) electrons. The summed E-state index contributed by atoms with van der Waals surface area (Å²) in [5.74, 6) is -0.420. The van der Waals surface area contributed by atoms with Gasteiger partial charge in [0.05, 0.1) is 27.1 Å². The third kappa shape index (κ3) is 5.14. The molecule has 1 aliphatic carbocycles. The van der Waals surface area contributed by atoms with E-state index < -0.39 is 11.9 Å². The van der Waals surface area contributed by atoms with Crippen LogP contribution in [0.3, 0.4) is 0 Å². The van der Waals surface area contributed by atoms with Crippen molar-refractivity contribution >= 4 is 32.9 Å². The van der Waals surface area contributed by atoms with Crippen molar-refractivity contribution in [2.24, 2.45) is 5.92 Å². The van der Waals surface area contributed by atoms with Crippen molar-refractivity contribution in [2.45, 2.75) is 51.7 Å². The van der Waals surface area contributed by atoms with Crippen molar-refractivity contribution < 1.29 is 19.0 Å². The summed E-state index contributed by atoms with van der Waals surface area (Å²) in [4.78, 5) is 21.4. The highest BCUT2D eigenvalue weighted by Crippen LogP contribution is 2.39. The lowest BCUT2D eigenvalue weighted by atomic mass is 9.78. The van der Waals surface area contributed by atoms with E-state index in [1.165, 1.54) is 6.07 Å². The zero-order valence-corrected chi connectivity index (χ0v) is 21.5. The first kappa shape index (κ1) is 24.4. The Kier molecular flexibility index (Phi) is 7.05. The molecule has 36 heavy (non-hydrogen) atoms. The number of hydrogen-bond donors (Lipinski definition) is 1. The molecule has 1 saturated carbocycles. The molecule has 0 bridgehead atoms. The van der Waals surface area contributed by atoms with Gasteiger partial charge in [0.25, 0.3) is 0 Å². The van der Waals surface area contributed by atoms with Crippen LogP contribution in [-0.4, -0.2) is 25.6 Å². The zero-order valence-electron chi connectivity index (χ0n) is 20.0. The van der Waals surface area contributed by atoms with E-state index in [1.807, 2.05) is 54.1 Å². The average molecular weight is 552 g/mol. The maximum Gasteiger partial charge on any atom is 0.307 e. The molecule has 2 atom stereocenters. The highest BCUT2D eigenvalue weighted by atomic mass is 79.9. The number of benzene rings is 2. The van der Waals surface area contributed by atoms with Gasteiger partial charge in [-0.3, -0.25) is 9.78 Å². The lowest BCUT2D eigenvalue weighted by molar-refractivity contribution is -0.143. The number of pyridine rings is 1. The van der Waals surface area contributed by atoms with Crippen LogP contribution in [0, 0.1) is 18.7 Å². The van der Waals surface area contributed by atoms with E-state index in [9.17, 15) is 14.3 Å². The molecule has 5 rings (SSSR count). The SMILES string of the molecule is Cc1ccc(COc2ccc3nc(C4CCCCC4C(=O)O)n(Cc4ccc(Br)c(F)c4)c3c2)nc1. The predicted molar refractivity (Wildman–Crippen MR) is 139 cm³/mol. The molecule has 2 aromatic heterocycles. The molecule has 2 unspecified atom stereocenters. The Balaban J connectivity index is 1.54. The summed E-state index contributed by atoms with van der Waals surface area (Å²) in [5, 5.41) is 9.91. The average Bonchev–Trinajstić information content (AvgIpc) is 3.23. The summed E-state index contributed by atoms with van der Waals surface area (Å²) in [5.41, 5.74) is 4.28. The van der Waals surface area contributed by atoms with Crippen molar-refractivity contribution in [2.75, 3.05) is 0 Å². The third-order valence-electron chi connectivity index (χ3n) is 6.85. The first-order valence-electron chi connectivity index (χ1n) is 12.1. The Bertz CT molecular complexity index is 1400. The number of aromatic nitrogens is 3. The van der Waals surface area contributed by atoms with Crippen molar-refractivity contribution in [3.8, 4) is 5.75 Å². The van der Waals surface area contributed by atoms with Crippen molar-refractivity contribution in [3.05, 3.63) is 87.7 Å². The molecule has 0 amide bonds. The quantitative estimate of drug-likeness (QED) is 0.279. The molecule has 0 aliphatic heterocycles. The number of aryl methyl sites for hydroxylation is 1. The normalized spacial score (nSPS) is 17.9. The van der Waals surface area contributed by atoms with Crippen molar-refractivity contribution in [1.29, 1.82) is 0 Å². The van der Waals surface area contributed by atoms with Crippen LogP contribution in [0.1, 0.15) is 54.2 Å². The summed E-state index contributed by atoms with van der Waals surface area (Å²) in [6, 6.07) is 14.7. The minimum absolute atomic E-state index is 0.204. The van der Waals surface area contributed by atoms with Crippen LogP contribution >= 0.6 is 15.9 Å². The van der Waals surface area contributed by atoms with E-state index in [0.717, 1.165) is 52.9 Å². The molecular weight excluding hydrogens is 525 g/mol. The van der Waals surface area contributed by atoms with Crippen LogP contribution in [0.2, 0.25) is 0 Å². The zero-order chi connectivity index (χ0) is 25.2. The second-order valence-electron chi connectivity index (χ2n) is 9.41. The minimum Gasteiger partial charge on any atom is -0.487 e. The van der Waals surface area contributed by atoms with E-state index in [-0.39, 0.29) is 11.7 Å². The molecule has 4 aromatic rings. The highest BCUT2D eigenvalue weighted by molar-refractivity contribution is 9.10. The molecule has 1 N–H and O–H groups in total. The Morgan fingerprint density at radius 1 is 1.17 bits per heavy atom. The number of carbonyl (C=O) groups is 1. The van der Waals surface area contributed by atoms with Crippen LogP contribution in [0.5, 0.6) is 5.75 Å². The Morgan fingerprint density at radius 3 is 2.75 bits per heavy atom. The summed E-state index contributed by atoms with van der Waals surface area (Å²) in [6.07, 6.45) is 5.06. The monoisotopic (exact) mass is 551 g/mol. The van der Waals surface area contributed by atoms with Gasteiger partial charge in [-0.25, -0.2) is 9.37 Å². The Morgan fingerprint density at radius 2 is 2.00 bits per heavy atom. The number of carboxylic acid groups (broad SMARTS) is 1. The summed E-state index contributed by atoms with van der Waals surface area (Å²) < 4.78 is 22.8. The molecule has 0 saturated heterocycles. The first-order chi connectivity index (χ1) is 17.4. The van der Waals surface area contributed by atoms with E-state index in [1.54, 1.807) is 6.07 Å². The molecule has 8 heteroatoms. The van der Waals surface area contributed by atoms with Gasteiger partial charge in [0.2, 0.25) is 0 Å². The number of imidazole rings is 1. The standard InChI is InChI=1S/C28H27BrFN3O3/c1-17-6-8-19(31-14-17)16-36-20-9-11-25-26(13-20)33(15-18-7-10-23(29)24(30)12-18)27(32-25)21-4-2-3-5-22(21)28(34)35/h6-14,21-22H,2-5,15-16H2,1H3,(H,34,35). The molecule has 2 aromatic carbocycles. The lowest BCUT2D eigenvalue weighted by Gasteiger charge is -2.28. The lowest BCUT2D eigenvalue weighted by Crippen LogP contribution is -2.27. The molecule has 0 spiro atoms. The van der Waals surface area contributed by atoms with Crippen LogP contribution in [-0.2, 0) is 17.9 Å². The Labute approximate surface area is 217 Å². The third-order valence-corrected chi connectivity index (χ3v) is 7.49. The van der Waals surface area contributed by atoms with E-state index in [4.69, 9.17) is 9.72 Å². The fraction of sp³-hybridized carbons (Fsp3) is 0.321. The maximum absolute atomic E-state index is 14.3. The van der Waals surface area contributed by atoms with Gasteiger partial charge in [0, 0.05) is 24.7 Å². The number of aliphatic carboxylic acids is 1. The van der Waals surface area contributed by atoms with Crippen molar-refractivity contribution in [1.82, 2.24) is 14.5 Å². The number of halogens is 2. The summed E-state index contributed by atoms with van der Waals surface area (Å²) in [6.45, 7) is 2.69. The summed E-state index contributed by atoms with van der Waals surface area (Å²) >= 11 is 3.22. The van der Waals surface area contributed by atoms with Crippen LogP contribution in [0.25, 0.3) is 11.0 Å². The molecule has 2 heterocycles. The number of fused-ring (bicyclic) bond motifs is 1. The molecular formula is C28H27BrFN3O3. The fourth-order valence-corrected chi connectivity index (χ4v) is 5.20. The van der Waals surface area contributed by atoms with Crippen molar-refractivity contribution in [3.63, 3.8) is 0 Å². The van der Waals surface area contributed by atoms with Crippen LogP contribution < -0.4 is 4.74 Å². The van der Waals surface area contributed by atoms with Crippen LogP contribution in [0.15, 0.2) is 59.2 Å². The highest BCUT2D eigenvalue weighted by Gasteiger charge is 2.35. The Hall–Kier alpha value is -3.26. The van der Waals surface area contributed by atoms with Gasteiger partial charge in [0.15, 0.2) is 0 Å². The molecule has 1 fully saturated rings. The van der Waals surface area contributed by atoms with E-state index >= 15 is 0 Å². The number of ether oxygens (including phenoxy) is 1. The predicted octanol–water partition coefficient (Wildman–Crippen LogP) is 6.63. The second-order valence-corrected chi connectivity index (χ2v) is 10.3. The van der Waals surface area contributed by atoms with Gasteiger partial charge in [-0.05, 0) is 77.2 Å². The summed E-state index contributed by atoms with van der Waals surface area (Å²) in [7, 11) is 0. The fourth-order valence-electron chi connectivity index (χ4n) is 4.96. The van der Waals surface area contributed by atoms with Gasteiger partial charge < -0.3 is 14.4 Å². The number of carboxylic acids is 1. The topological polar surface area (TPSA) is 77.2 Å². The van der Waals surface area contributed by atoms with E-state index in [2.05, 4.69) is 20.9 Å². The van der Waals surface area contributed by atoms with Gasteiger partial charge in [-0.1, -0.05) is 25.0 Å². The van der Waals surface area contributed by atoms with Crippen LogP contribution in [0.4, 0.5) is 4.39 Å². The van der Waals surface area contributed by atoms with Gasteiger partial charge in [0.1, 0.15) is 24.0 Å². The smallest absolute Gasteiger partial charge is 0.307 e.